The summed E-state index contributed by atoms with van der Waals surface area (Å²) in [6.45, 7) is 8.24. The first kappa shape index (κ1) is 27.7. The van der Waals surface area contributed by atoms with Crippen molar-refractivity contribution < 1.29 is 0 Å². The van der Waals surface area contributed by atoms with Gasteiger partial charge in [-0.2, -0.15) is 0 Å². The maximum atomic E-state index is 3.91. The molecule has 2 heteroatoms. The second kappa shape index (κ2) is 11.3. The van der Waals surface area contributed by atoms with Gasteiger partial charge in [0.2, 0.25) is 0 Å². The number of aryl methyl sites for hydroxylation is 2. The molecule has 0 saturated carbocycles. The van der Waals surface area contributed by atoms with E-state index in [1.54, 1.807) is 0 Å². The monoisotopic (exact) mass is 590 g/mol. The Morgan fingerprint density at radius 3 is 2.04 bits per heavy atom. The first-order valence-electron chi connectivity index (χ1n) is 15.8. The molecule has 0 spiro atoms. The van der Waals surface area contributed by atoms with Gasteiger partial charge in [0.15, 0.2) is 0 Å². The minimum atomic E-state index is 1.12. The standard InChI is InChI=1S/C44H34N2/c1-4-5-15-35-28-33-14-6-10-20-41(33)45(35)42-21-11-9-19-38(42)37-18-8-7-17-36(37)32-23-25-44-40(29-32)39-27-31(3)22-24-43(39)46(44)34-16-12-13-30(2)26-34/h4-29H,1H2,2-3H3/b15-5-. The van der Waals surface area contributed by atoms with Gasteiger partial charge in [0.1, 0.15) is 0 Å². The van der Waals surface area contributed by atoms with Gasteiger partial charge in [0, 0.05) is 33.1 Å². The van der Waals surface area contributed by atoms with E-state index >= 15 is 0 Å². The van der Waals surface area contributed by atoms with Gasteiger partial charge in [-0.15, -0.1) is 0 Å². The first-order chi connectivity index (χ1) is 22.6. The number of para-hydroxylation sites is 2. The number of rotatable bonds is 6. The molecular formula is C44H34N2. The molecule has 0 N–H and O–H groups in total. The van der Waals surface area contributed by atoms with E-state index in [1.165, 1.54) is 71.8 Å². The molecule has 8 aromatic rings. The minimum Gasteiger partial charge on any atom is -0.309 e. The third-order valence-electron chi connectivity index (χ3n) is 9.00. The lowest BCUT2D eigenvalue weighted by Crippen LogP contribution is -2.00. The predicted molar refractivity (Wildman–Crippen MR) is 197 cm³/mol. The average Bonchev–Trinajstić information content (AvgIpc) is 3.62. The summed E-state index contributed by atoms with van der Waals surface area (Å²) in [5.41, 5.74) is 14.4. The van der Waals surface area contributed by atoms with E-state index in [0.717, 1.165) is 11.4 Å². The number of fused-ring (bicyclic) bond motifs is 4. The highest BCUT2D eigenvalue weighted by Crippen LogP contribution is 2.40. The van der Waals surface area contributed by atoms with Gasteiger partial charge in [-0.3, -0.25) is 0 Å². The Hall–Kier alpha value is -5.86. The van der Waals surface area contributed by atoms with Crippen LogP contribution in [0.15, 0.2) is 158 Å². The van der Waals surface area contributed by atoms with E-state index in [9.17, 15) is 0 Å². The molecule has 0 atom stereocenters. The Morgan fingerprint density at radius 2 is 1.22 bits per heavy atom. The molecule has 8 rings (SSSR count). The maximum Gasteiger partial charge on any atom is 0.0541 e. The lowest BCUT2D eigenvalue weighted by molar-refractivity contribution is 1.11. The lowest BCUT2D eigenvalue weighted by atomic mass is 9.92. The molecule has 0 aliphatic rings. The topological polar surface area (TPSA) is 9.86 Å². The van der Waals surface area contributed by atoms with Crippen molar-refractivity contribution in [3.63, 3.8) is 0 Å². The summed E-state index contributed by atoms with van der Waals surface area (Å²) in [4.78, 5) is 0. The number of hydrogen-bond donors (Lipinski definition) is 0. The number of nitrogens with zero attached hydrogens (tertiary/aromatic N) is 2. The summed E-state index contributed by atoms with van der Waals surface area (Å²) < 4.78 is 4.76. The van der Waals surface area contributed by atoms with Gasteiger partial charge in [-0.1, -0.05) is 109 Å². The van der Waals surface area contributed by atoms with Gasteiger partial charge in [-0.25, -0.2) is 0 Å². The Balaban J connectivity index is 1.35. The molecule has 2 aromatic heterocycles. The van der Waals surface area contributed by atoms with Crippen molar-refractivity contribution in [3.8, 4) is 33.6 Å². The molecule has 6 aromatic carbocycles. The highest BCUT2D eigenvalue weighted by Gasteiger charge is 2.18. The van der Waals surface area contributed by atoms with Crippen molar-refractivity contribution >= 4 is 38.8 Å². The molecule has 46 heavy (non-hydrogen) atoms. The molecule has 0 unspecified atom stereocenters. The smallest absolute Gasteiger partial charge is 0.0541 e. The number of allylic oxidation sites excluding steroid dienone is 2. The van der Waals surface area contributed by atoms with Crippen LogP contribution >= 0.6 is 0 Å². The number of hydrogen-bond acceptors (Lipinski definition) is 0. The summed E-state index contributed by atoms with van der Waals surface area (Å²) >= 11 is 0. The average molecular weight is 591 g/mol. The van der Waals surface area contributed by atoms with E-state index in [-0.39, 0.29) is 0 Å². The fourth-order valence-corrected chi connectivity index (χ4v) is 6.95. The second-order valence-electron chi connectivity index (χ2n) is 12.0. The van der Waals surface area contributed by atoms with Gasteiger partial charge >= 0.3 is 0 Å². The molecule has 220 valence electrons. The van der Waals surface area contributed by atoms with E-state index in [1.807, 2.05) is 12.2 Å². The maximum absolute atomic E-state index is 3.91. The van der Waals surface area contributed by atoms with E-state index < -0.39 is 0 Å². The largest absolute Gasteiger partial charge is 0.309 e. The van der Waals surface area contributed by atoms with Crippen LogP contribution in [-0.2, 0) is 0 Å². The molecular weight excluding hydrogens is 556 g/mol. The van der Waals surface area contributed by atoms with Crippen LogP contribution in [0.5, 0.6) is 0 Å². The van der Waals surface area contributed by atoms with Crippen LogP contribution in [0.25, 0.3) is 72.4 Å². The Bertz CT molecular complexity index is 2460. The summed E-state index contributed by atoms with van der Waals surface area (Å²) in [6, 6.07) is 50.9. The van der Waals surface area contributed by atoms with Crippen molar-refractivity contribution in [2.24, 2.45) is 0 Å². The molecule has 0 saturated heterocycles. The Labute approximate surface area is 269 Å². The van der Waals surface area contributed by atoms with Gasteiger partial charge in [0.05, 0.1) is 22.2 Å². The number of benzene rings is 6. The first-order valence-corrected chi connectivity index (χ1v) is 15.8. The van der Waals surface area contributed by atoms with Crippen molar-refractivity contribution in [3.05, 3.63) is 175 Å². The second-order valence-corrected chi connectivity index (χ2v) is 12.0. The van der Waals surface area contributed by atoms with Crippen molar-refractivity contribution in [1.29, 1.82) is 0 Å². The third kappa shape index (κ3) is 4.58. The van der Waals surface area contributed by atoms with Gasteiger partial charge in [-0.05, 0) is 96.8 Å². The van der Waals surface area contributed by atoms with Crippen LogP contribution < -0.4 is 0 Å². The van der Waals surface area contributed by atoms with Crippen LogP contribution in [0.3, 0.4) is 0 Å². The van der Waals surface area contributed by atoms with Gasteiger partial charge in [0.25, 0.3) is 0 Å². The normalized spacial score (nSPS) is 11.7. The number of aromatic nitrogens is 2. The minimum absolute atomic E-state index is 1.12. The van der Waals surface area contributed by atoms with Crippen molar-refractivity contribution in [2.45, 2.75) is 13.8 Å². The van der Waals surface area contributed by atoms with Crippen LogP contribution in [0.4, 0.5) is 0 Å². The lowest BCUT2D eigenvalue weighted by Gasteiger charge is -2.17. The van der Waals surface area contributed by atoms with Crippen LogP contribution in [-0.4, -0.2) is 9.13 Å². The fourth-order valence-electron chi connectivity index (χ4n) is 6.95. The molecule has 0 aliphatic heterocycles. The third-order valence-corrected chi connectivity index (χ3v) is 9.00. The van der Waals surface area contributed by atoms with Crippen molar-refractivity contribution in [1.82, 2.24) is 9.13 Å². The Morgan fingerprint density at radius 1 is 0.522 bits per heavy atom. The van der Waals surface area contributed by atoms with E-state index in [4.69, 9.17) is 0 Å². The van der Waals surface area contributed by atoms with Crippen LogP contribution in [0.1, 0.15) is 16.8 Å². The zero-order chi connectivity index (χ0) is 31.2. The molecule has 0 radical (unpaired) electrons. The van der Waals surface area contributed by atoms with E-state index in [2.05, 4.69) is 175 Å². The molecule has 0 aliphatic carbocycles. The predicted octanol–water partition coefficient (Wildman–Crippen LogP) is 11.9. The SMILES string of the molecule is C=C/C=C\c1cc2ccccc2n1-c1ccccc1-c1ccccc1-c1ccc2c(c1)c1cc(C)ccc1n2-c1cccc(C)c1. The van der Waals surface area contributed by atoms with Gasteiger partial charge < -0.3 is 9.13 Å². The molecule has 2 heterocycles. The van der Waals surface area contributed by atoms with E-state index in [0.29, 0.717) is 0 Å². The zero-order valence-corrected chi connectivity index (χ0v) is 26.1. The van der Waals surface area contributed by atoms with Crippen LogP contribution in [0.2, 0.25) is 0 Å². The fraction of sp³-hybridized carbons (Fsp3) is 0.0455. The molecule has 0 bridgehead atoms. The summed E-state index contributed by atoms with van der Waals surface area (Å²) in [6.07, 6.45) is 5.97. The highest BCUT2D eigenvalue weighted by atomic mass is 15.0. The molecule has 0 fully saturated rings. The molecule has 0 amide bonds. The highest BCUT2D eigenvalue weighted by molar-refractivity contribution is 6.11. The quantitative estimate of drug-likeness (QED) is 0.171. The zero-order valence-electron chi connectivity index (χ0n) is 26.1. The molecule has 2 nitrogen and oxygen atoms in total. The summed E-state index contributed by atoms with van der Waals surface area (Å²) in [5.74, 6) is 0. The summed E-state index contributed by atoms with van der Waals surface area (Å²) in [7, 11) is 0. The Kier molecular flexibility index (Phi) is 6.77. The van der Waals surface area contributed by atoms with Crippen LogP contribution in [0, 0.1) is 13.8 Å². The van der Waals surface area contributed by atoms with Crippen molar-refractivity contribution in [2.75, 3.05) is 0 Å². The summed E-state index contributed by atoms with van der Waals surface area (Å²) in [5, 5.41) is 3.74.